The van der Waals surface area contributed by atoms with Crippen molar-refractivity contribution < 1.29 is 9.53 Å². The Morgan fingerprint density at radius 1 is 0.968 bits per heavy atom. The van der Waals surface area contributed by atoms with Crippen molar-refractivity contribution in [2.75, 3.05) is 26.2 Å². The molecular weight excluding hydrogens is 475 g/mol. The third-order valence-electron chi connectivity index (χ3n) is 5.13. The minimum Gasteiger partial charge on any atom is -0.489 e. The number of piperazine rings is 1. The molecule has 0 bridgehead atoms. The first kappa shape index (κ1) is 22.4. The van der Waals surface area contributed by atoms with Gasteiger partial charge in [-0.25, -0.2) is 0 Å². The molecule has 162 valence electrons. The van der Waals surface area contributed by atoms with Gasteiger partial charge in [0.25, 0.3) is 5.91 Å². The molecule has 0 aliphatic carbocycles. The third kappa shape index (κ3) is 5.93. The maximum atomic E-state index is 12.9. The zero-order valence-electron chi connectivity index (χ0n) is 16.7. The van der Waals surface area contributed by atoms with Gasteiger partial charge in [0.05, 0.1) is 4.88 Å². The summed E-state index contributed by atoms with van der Waals surface area (Å²) in [5.74, 6) is 0.784. The molecule has 1 amide bonds. The number of hydrogen-bond acceptors (Lipinski definition) is 4. The van der Waals surface area contributed by atoms with Gasteiger partial charge in [0.2, 0.25) is 0 Å². The number of hydrogen-bond donors (Lipinski definition) is 0. The van der Waals surface area contributed by atoms with Crippen LogP contribution in [0.2, 0.25) is 15.1 Å². The lowest BCUT2D eigenvalue weighted by Crippen LogP contribution is -2.48. The van der Waals surface area contributed by atoms with Crippen molar-refractivity contribution >= 4 is 52.0 Å². The van der Waals surface area contributed by atoms with Crippen molar-refractivity contribution in [2.24, 2.45) is 0 Å². The molecule has 0 atom stereocenters. The molecule has 2 heterocycles. The SMILES string of the molecule is O=C(c1cc(COc2cccc(Cl)c2)cs1)N1CCN(Cc2ccc(Cl)cc2Cl)CC1. The monoisotopic (exact) mass is 494 g/mol. The fourth-order valence-electron chi connectivity index (χ4n) is 3.44. The lowest BCUT2D eigenvalue weighted by molar-refractivity contribution is 0.0633. The Hall–Kier alpha value is -1.76. The van der Waals surface area contributed by atoms with Crippen LogP contribution in [0.3, 0.4) is 0 Å². The molecular formula is C23H21Cl3N2O2S. The Bertz CT molecular complexity index is 1060. The zero-order valence-corrected chi connectivity index (χ0v) is 19.8. The molecule has 0 unspecified atom stereocenters. The van der Waals surface area contributed by atoms with Gasteiger partial charge in [-0.05, 0) is 47.3 Å². The first-order valence-corrected chi connectivity index (χ1v) is 11.9. The summed E-state index contributed by atoms with van der Waals surface area (Å²) in [6.07, 6.45) is 0. The van der Waals surface area contributed by atoms with Gasteiger partial charge in [0, 0.05) is 53.4 Å². The van der Waals surface area contributed by atoms with E-state index < -0.39 is 0 Å². The number of benzene rings is 2. The van der Waals surface area contributed by atoms with Gasteiger partial charge in [0.15, 0.2) is 0 Å². The summed E-state index contributed by atoms with van der Waals surface area (Å²) in [7, 11) is 0. The van der Waals surface area contributed by atoms with Crippen LogP contribution in [-0.4, -0.2) is 41.9 Å². The van der Waals surface area contributed by atoms with Crippen molar-refractivity contribution in [1.82, 2.24) is 9.80 Å². The second-order valence-corrected chi connectivity index (χ2v) is 9.56. The molecule has 4 nitrogen and oxygen atoms in total. The first-order valence-electron chi connectivity index (χ1n) is 9.89. The fourth-order valence-corrected chi connectivity index (χ4v) is 4.95. The Balaban J connectivity index is 1.28. The summed E-state index contributed by atoms with van der Waals surface area (Å²) in [6, 6.07) is 14.8. The minimum absolute atomic E-state index is 0.0724. The lowest BCUT2D eigenvalue weighted by Gasteiger charge is -2.34. The Labute approximate surface area is 200 Å². The molecule has 8 heteroatoms. The quantitative estimate of drug-likeness (QED) is 0.405. The number of ether oxygens (including phenoxy) is 1. The van der Waals surface area contributed by atoms with Crippen LogP contribution in [0.1, 0.15) is 20.8 Å². The van der Waals surface area contributed by atoms with Crippen LogP contribution in [0, 0.1) is 0 Å². The van der Waals surface area contributed by atoms with Crippen molar-refractivity contribution in [3.8, 4) is 5.75 Å². The highest BCUT2D eigenvalue weighted by molar-refractivity contribution is 7.12. The normalized spacial score (nSPS) is 14.6. The third-order valence-corrected chi connectivity index (χ3v) is 6.92. The number of halogens is 3. The maximum absolute atomic E-state index is 12.9. The van der Waals surface area contributed by atoms with E-state index in [1.807, 2.05) is 40.6 Å². The molecule has 1 fully saturated rings. The lowest BCUT2D eigenvalue weighted by atomic mass is 10.2. The van der Waals surface area contributed by atoms with Crippen molar-refractivity contribution in [1.29, 1.82) is 0 Å². The van der Waals surface area contributed by atoms with Crippen LogP contribution >= 0.6 is 46.1 Å². The molecule has 1 aliphatic heterocycles. The number of thiophene rings is 1. The maximum Gasteiger partial charge on any atom is 0.264 e. The second kappa shape index (κ2) is 10.2. The molecule has 0 saturated carbocycles. The molecule has 2 aromatic carbocycles. The summed E-state index contributed by atoms with van der Waals surface area (Å²) >= 11 is 19.7. The first-order chi connectivity index (χ1) is 15.0. The van der Waals surface area contributed by atoms with E-state index in [-0.39, 0.29) is 5.91 Å². The Morgan fingerprint density at radius 2 is 1.74 bits per heavy atom. The van der Waals surface area contributed by atoms with Crippen LogP contribution in [-0.2, 0) is 13.2 Å². The minimum atomic E-state index is 0.0724. The van der Waals surface area contributed by atoms with E-state index >= 15 is 0 Å². The molecule has 31 heavy (non-hydrogen) atoms. The van der Waals surface area contributed by atoms with E-state index in [1.165, 1.54) is 11.3 Å². The standard InChI is InChI=1S/C23H21Cl3N2O2S/c24-18-2-1-3-20(11-18)30-14-16-10-22(31-15-16)23(29)28-8-6-27(7-9-28)13-17-4-5-19(25)12-21(17)26/h1-5,10-12,15H,6-9,13-14H2. The van der Waals surface area contributed by atoms with Crippen LogP contribution < -0.4 is 4.74 Å². The predicted molar refractivity (Wildman–Crippen MR) is 128 cm³/mol. The van der Waals surface area contributed by atoms with Crippen molar-refractivity contribution in [3.63, 3.8) is 0 Å². The molecule has 1 aliphatic rings. The smallest absolute Gasteiger partial charge is 0.264 e. The van der Waals surface area contributed by atoms with Gasteiger partial charge in [-0.2, -0.15) is 0 Å². The zero-order chi connectivity index (χ0) is 21.8. The van der Waals surface area contributed by atoms with Crippen molar-refractivity contribution in [3.05, 3.63) is 85.0 Å². The fraction of sp³-hybridized carbons (Fsp3) is 0.261. The molecule has 1 saturated heterocycles. The van der Waals surface area contributed by atoms with E-state index in [1.54, 1.807) is 18.2 Å². The number of amides is 1. The van der Waals surface area contributed by atoms with E-state index in [4.69, 9.17) is 39.5 Å². The highest BCUT2D eigenvalue weighted by Gasteiger charge is 2.23. The summed E-state index contributed by atoms with van der Waals surface area (Å²) in [6.45, 7) is 4.15. The molecule has 3 aromatic rings. The highest BCUT2D eigenvalue weighted by Crippen LogP contribution is 2.24. The van der Waals surface area contributed by atoms with Gasteiger partial charge < -0.3 is 9.64 Å². The van der Waals surface area contributed by atoms with E-state index in [0.717, 1.165) is 35.6 Å². The summed E-state index contributed by atoms with van der Waals surface area (Å²) < 4.78 is 5.77. The van der Waals surface area contributed by atoms with Crippen molar-refractivity contribution in [2.45, 2.75) is 13.2 Å². The van der Waals surface area contributed by atoms with E-state index in [2.05, 4.69) is 4.90 Å². The molecule has 0 spiro atoms. The summed E-state index contributed by atoms with van der Waals surface area (Å²) in [5, 5.41) is 3.92. The Morgan fingerprint density at radius 3 is 2.48 bits per heavy atom. The van der Waals surface area contributed by atoms with Gasteiger partial charge in [-0.1, -0.05) is 46.9 Å². The number of rotatable bonds is 6. The largest absolute Gasteiger partial charge is 0.489 e. The van der Waals surface area contributed by atoms with Crippen LogP contribution in [0.15, 0.2) is 53.9 Å². The topological polar surface area (TPSA) is 32.8 Å². The average molecular weight is 496 g/mol. The molecule has 0 radical (unpaired) electrons. The summed E-state index contributed by atoms with van der Waals surface area (Å²) in [4.78, 5) is 17.9. The predicted octanol–water partition coefficient (Wildman–Crippen LogP) is 6.25. The van der Waals surface area contributed by atoms with E-state index in [9.17, 15) is 4.79 Å². The number of nitrogens with zero attached hydrogens (tertiary/aromatic N) is 2. The summed E-state index contributed by atoms with van der Waals surface area (Å²) in [5.41, 5.74) is 2.03. The van der Waals surface area contributed by atoms with Crippen LogP contribution in [0.25, 0.3) is 0 Å². The van der Waals surface area contributed by atoms with Gasteiger partial charge in [-0.3, -0.25) is 9.69 Å². The van der Waals surface area contributed by atoms with E-state index in [0.29, 0.717) is 40.5 Å². The van der Waals surface area contributed by atoms with Gasteiger partial charge in [0.1, 0.15) is 12.4 Å². The highest BCUT2D eigenvalue weighted by atomic mass is 35.5. The molecule has 0 N–H and O–H groups in total. The average Bonchev–Trinajstić information content (AvgIpc) is 3.23. The molecule has 4 rings (SSSR count). The number of carbonyl (C=O) groups excluding carboxylic acids is 1. The van der Waals surface area contributed by atoms with Gasteiger partial charge >= 0.3 is 0 Å². The number of carbonyl (C=O) groups is 1. The Kier molecular flexibility index (Phi) is 7.41. The second-order valence-electron chi connectivity index (χ2n) is 7.37. The molecule has 1 aromatic heterocycles. The van der Waals surface area contributed by atoms with Crippen LogP contribution in [0.5, 0.6) is 5.75 Å². The van der Waals surface area contributed by atoms with Gasteiger partial charge in [-0.15, -0.1) is 11.3 Å². The van der Waals surface area contributed by atoms with Crippen LogP contribution in [0.4, 0.5) is 0 Å².